The Balaban J connectivity index is 2.22. The molecule has 0 aromatic heterocycles. The van der Waals surface area contributed by atoms with E-state index >= 15 is 0 Å². The highest BCUT2D eigenvalue weighted by molar-refractivity contribution is 4.78. The lowest BCUT2D eigenvalue weighted by Gasteiger charge is -2.31. The topological polar surface area (TPSA) is 15.3 Å². The smallest absolute Gasteiger partial charge is 0.312 e. The van der Waals surface area contributed by atoms with Gasteiger partial charge in [-0.3, -0.25) is 4.90 Å². The Bertz CT molecular complexity index is 231. The number of hydrogen-bond acceptors (Lipinski definition) is 2. The van der Waals surface area contributed by atoms with Crippen molar-refractivity contribution in [3.63, 3.8) is 0 Å². The lowest BCUT2D eigenvalue weighted by molar-refractivity contribution is -0.145. The standard InChI is InChI=1S/C13H25F3N2/c1-3-18(10-13(14,15)16)9-8-17-12-7-5-4-6-11(12)2/h11-12,17H,3-10H2,1-2H3. The van der Waals surface area contributed by atoms with E-state index in [0.717, 1.165) is 6.42 Å². The summed E-state index contributed by atoms with van der Waals surface area (Å²) in [5.74, 6) is 0.649. The fourth-order valence-electron chi connectivity index (χ4n) is 2.63. The van der Waals surface area contributed by atoms with Gasteiger partial charge in [0.1, 0.15) is 0 Å². The number of nitrogens with zero attached hydrogens (tertiary/aromatic N) is 1. The van der Waals surface area contributed by atoms with Crippen LogP contribution in [0.3, 0.4) is 0 Å². The minimum Gasteiger partial charge on any atom is -0.312 e. The van der Waals surface area contributed by atoms with Crippen LogP contribution in [0.5, 0.6) is 0 Å². The van der Waals surface area contributed by atoms with E-state index < -0.39 is 12.7 Å². The van der Waals surface area contributed by atoms with Crippen LogP contribution in [0.25, 0.3) is 0 Å². The van der Waals surface area contributed by atoms with Gasteiger partial charge in [0, 0.05) is 19.1 Å². The van der Waals surface area contributed by atoms with Gasteiger partial charge in [-0.15, -0.1) is 0 Å². The van der Waals surface area contributed by atoms with Gasteiger partial charge in [0.2, 0.25) is 0 Å². The zero-order valence-electron chi connectivity index (χ0n) is 11.4. The van der Waals surface area contributed by atoms with Crippen LogP contribution in [0.2, 0.25) is 0 Å². The van der Waals surface area contributed by atoms with Crippen molar-refractivity contribution in [2.24, 2.45) is 5.92 Å². The van der Waals surface area contributed by atoms with Crippen LogP contribution < -0.4 is 5.32 Å². The third kappa shape index (κ3) is 6.05. The van der Waals surface area contributed by atoms with E-state index in [0.29, 0.717) is 31.6 Å². The third-order valence-electron chi connectivity index (χ3n) is 3.80. The zero-order chi connectivity index (χ0) is 13.6. The van der Waals surface area contributed by atoms with E-state index in [1.54, 1.807) is 6.92 Å². The van der Waals surface area contributed by atoms with Crippen molar-refractivity contribution in [3.8, 4) is 0 Å². The van der Waals surface area contributed by atoms with Crippen LogP contribution in [0.1, 0.15) is 39.5 Å². The summed E-state index contributed by atoms with van der Waals surface area (Å²) < 4.78 is 36.8. The number of alkyl halides is 3. The SMILES string of the molecule is CCN(CCNC1CCCCC1C)CC(F)(F)F. The summed E-state index contributed by atoms with van der Waals surface area (Å²) in [5.41, 5.74) is 0. The van der Waals surface area contributed by atoms with E-state index in [4.69, 9.17) is 0 Å². The maximum atomic E-state index is 12.3. The molecule has 2 nitrogen and oxygen atoms in total. The highest BCUT2D eigenvalue weighted by atomic mass is 19.4. The minimum atomic E-state index is -4.09. The first kappa shape index (κ1) is 15.8. The maximum absolute atomic E-state index is 12.3. The van der Waals surface area contributed by atoms with Gasteiger partial charge in [0.15, 0.2) is 0 Å². The summed E-state index contributed by atoms with van der Waals surface area (Å²) in [6.07, 6.45) is 0.828. The Morgan fingerprint density at radius 1 is 1.22 bits per heavy atom. The summed E-state index contributed by atoms with van der Waals surface area (Å²) in [7, 11) is 0. The van der Waals surface area contributed by atoms with Gasteiger partial charge in [0.25, 0.3) is 0 Å². The molecule has 18 heavy (non-hydrogen) atoms. The molecule has 1 fully saturated rings. The predicted molar refractivity (Wildman–Crippen MR) is 67.6 cm³/mol. The van der Waals surface area contributed by atoms with E-state index in [-0.39, 0.29) is 0 Å². The average molecular weight is 266 g/mol. The van der Waals surface area contributed by atoms with Crippen LogP contribution in [0.15, 0.2) is 0 Å². The molecule has 0 aliphatic heterocycles. The van der Waals surface area contributed by atoms with Gasteiger partial charge in [-0.1, -0.05) is 26.7 Å². The normalized spacial score (nSPS) is 25.7. The molecule has 108 valence electrons. The molecule has 1 saturated carbocycles. The lowest BCUT2D eigenvalue weighted by atomic mass is 9.86. The Labute approximate surface area is 108 Å². The molecule has 1 aliphatic carbocycles. The second kappa shape index (κ2) is 7.34. The summed E-state index contributed by atoms with van der Waals surface area (Å²) in [4.78, 5) is 1.44. The van der Waals surface area contributed by atoms with Gasteiger partial charge in [-0.25, -0.2) is 0 Å². The van der Waals surface area contributed by atoms with Crippen molar-refractivity contribution in [2.45, 2.75) is 51.7 Å². The van der Waals surface area contributed by atoms with Gasteiger partial charge >= 0.3 is 6.18 Å². The number of rotatable bonds is 6. The van der Waals surface area contributed by atoms with Crippen molar-refractivity contribution < 1.29 is 13.2 Å². The molecule has 0 spiro atoms. The first-order chi connectivity index (χ1) is 8.42. The molecule has 0 amide bonds. The number of nitrogens with one attached hydrogen (secondary N) is 1. The quantitative estimate of drug-likeness (QED) is 0.795. The first-order valence-electron chi connectivity index (χ1n) is 6.95. The second-order valence-electron chi connectivity index (χ2n) is 5.31. The highest BCUT2D eigenvalue weighted by Gasteiger charge is 2.30. The van der Waals surface area contributed by atoms with Crippen LogP contribution in [-0.4, -0.2) is 43.3 Å². The molecule has 0 saturated heterocycles. The first-order valence-corrected chi connectivity index (χ1v) is 6.95. The number of halogens is 3. The van der Waals surface area contributed by atoms with E-state index in [1.807, 2.05) is 0 Å². The Morgan fingerprint density at radius 2 is 1.89 bits per heavy atom. The summed E-state index contributed by atoms with van der Waals surface area (Å²) in [6.45, 7) is 4.77. The molecule has 0 radical (unpaired) electrons. The molecular formula is C13H25F3N2. The van der Waals surface area contributed by atoms with Crippen molar-refractivity contribution in [1.29, 1.82) is 0 Å². The molecule has 0 heterocycles. The van der Waals surface area contributed by atoms with Crippen LogP contribution in [-0.2, 0) is 0 Å². The van der Waals surface area contributed by atoms with Crippen molar-refractivity contribution >= 4 is 0 Å². The molecule has 0 aromatic rings. The Hall–Kier alpha value is -0.290. The van der Waals surface area contributed by atoms with Crippen LogP contribution in [0.4, 0.5) is 13.2 Å². The van der Waals surface area contributed by atoms with Crippen molar-refractivity contribution in [3.05, 3.63) is 0 Å². The van der Waals surface area contributed by atoms with Gasteiger partial charge in [0.05, 0.1) is 6.54 Å². The highest BCUT2D eigenvalue weighted by Crippen LogP contribution is 2.23. The molecule has 2 unspecified atom stereocenters. The van der Waals surface area contributed by atoms with Gasteiger partial charge < -0.3 is 5.32 Å². The molecule has 1 N–H and O–H groups in total. The lowest BCUT2D eigenvalue weighted by Crippen LogP contribution is -2.43. The van der Waals surface area contributed by atoms with Crippen molar-refractivity contribution in [2.75, 3.05) is 26.2 Å². The fraction of sp³-hybridized carbons (Fsp3) is 1.00. The second-order valence-corrected chi connectivity index (χ2v) is 5.31. The number of likely N-dealkylation sites (N-methyl/N-ethyl adjacent to an activating group) is 1. The third-order valence-corrected chi connectivity index (χ3v) is 3.80. The molecule has 0 bridgehead atoms. The predicted octanol–water partition coefficient (Wildman–Crippen LogP) is 3.04. The Morgan fingerprint density at radius 3 is 2.44 bits per heavy atom. The minimum absolute atomic E-state index is 0.446. The van der Waals surface area contributed by atoms with Crippen LogP contribution in [0, 0.1) is 5.92 Å². The van der Waals surface area contributed by atoms with Crippen molar-refractivity contribution in [1.82, 2.24) is 10.2 Å². The molecule has 1 aliphatic rings. The summed E-state index contributed by atoms with van der Waals surface area (Å²) >= 11 is 0. The zero-order valence-corrected chi connectivity index (χ0v) is 11.4. The molecule has 1 rings (SSSR count). The van der Waals surface area contributed by atoms with Crippen LogP contribution >= 0.6 is 0 Å². The average Bonchev–Trinajstić information content (AvgIpc) is 2.28. The molecular weight excluding hydrogens is 241 g/mol. The van der Waals surface area contributed by atoms with Gasteiger partial charge in [-0.2, -0.15) is 13.2 Å². The van der Waals surface area contributed by atoms with E-state index in [1.165, 1.54) is 24.2 Å². The Kier molecular flexibility index (Phi) is 6.43. The fourth-order valence-corrected chi connectivity index (χ4v) is 2.63. The summed E-state index contributed by atoms with van der Waals surface area (Å²) in [6, 6.07) is 0.489. The molecule has 2 atom stereocenters. The van der Waals surface area contributed by atoms with E-state index in [2.05, 4.69) is 12.2 Å². The molecule has 0 aromatic carbocycles. The number of hydrogen-bond donors (Lipinski definition) is 1. The monoisotopic (exact) mass is 266 g/mol. The summed E-state index contributed by atoms with van der Waals surface area (Å²) in [5, 5.41) is 3.41. The largest absolute Gasteiger partial charge is 0.401 e. The van der Waals surface area contributed by atoms with E-state index in [9.17, 15) is 13.2 Å². The van der Waals surface area contributed by atoms with Gasteiger partial charge in [-0.05, 0) is 25.3 Å². The molecule has 5 heteroatoms. The maximum Gasteiger partial charge on any atom is 0.401 e.